The molecule has 2 rings (SSSR count). The molecule has 0 aliphatic heterocycles. The minimum atomic E-state index is -0.628. The second-order valence-electron chi connectivity index (χ2n) is 6.53. The number of ketones is 1. The van der Waals surface area contributed by atoms with Gasteiger partial charge in [-0.1, -0.05) is 19.9 Å². The summed E-state index contributed by atoms with van der Waals surface area (Å²) in [5.41, 5.74) is 0.540. The van der Waals surface area contributed by atoms with Crippen LogP contribution in [0.25, 0.3) is 0 Å². The lowest BCUT2D eigenvalue weighted by Gasteiger charge is -2.17. The van der Waals surface area contributed by atoms with E-state index in [0.29, 0.717) is 5.56 Å². The number of hydrogen-bond acceptors (Lipinski definition) is 4. The Morgan fingerprint density at radius 1 is 1.33 bits per heavy atom. The number of H-pyrrole nitrogens is 1. The van der Waals surface area contributed by atoms with Crippen LogP contribution in [-0.2, 0) is 6.54 Å². The molecule has 2 aromatic rings. The highest BCUT2D eigenvalue weighted by Crippen LogP contribution is 2.21. The Labute approximate surface area is 170 Å². The highest BCUT2D eigenvalue weighted by atomic mass is 127. The quantitative estimate of drug-likeness (QED) is 0.528. The van der Waals surface area contributed by atoms with Crippen molar-refractivity contribution in [1.82, 2.24) is 9.55 Å². The normalized spacial score (nSPS) is 11.5. The molecule has 1 aromatic carbocycles. The van der Waals surface area contributed by atoms with Crippen molar-refractivity contribution in [2.24, 2.45) is 0 Å². The van der Waals surface area contributed by atoms with Gasteiger partial charge in [0.25, 0.3) is 5.56 Å². The summed E-state index contributed by atoms with van der Waals surface area (Å²) in [7, 11) is 0. The fourth-order valence-corrected chi connectivity index (χ4v) is 3.22. The molecule has 0 fully saturated rings. The first-order valence-electron chi connectivity index (χ1n) is 8.43. The number of aromatic amines is 1. The molecule has 0 unspecified atom stereocenters. The molecule has 1 N–H and O–H groups in total. The molecular formula is C20H20IN3O3. The SMILES string of the molecule is C/C=C(\I)Cn1c(C(=O)c2cc(C)cc(C#N)c2)c(C(C)C)c(=O)[nH]c1=O. The number of allylic oxidation sites excluding steroid dienone is 2. The van der Waals surface area contributed by atoms with Crippen molar-refractivity contribution in [3.05, 3.63) is 76.6 Å². The first kappa shape index (κ1) is 20.8. The summed E-state index contributed by atoms with van der Waals surface area (Å²) in [6, 6.07) is 6.84. The number of nitrogens with one attached hydrogen (secondary N) is 1. The molecule has 0 amide bonds. The van der Waals surface area contributed by atoms with Crippen LogP contribution >= 0.6 is 22.6 Å². The fourth-order valence-electron chi connectivity index (χ4n) is 2.88. The summed E-state index contributed by atoms with van der Waals surface area (Å²) >= 11 is 2.09. The zero-order valence-electron chi connectivity index (χ0n) is 15.6. The number of aryl methyl sites for hydroxylation is 1. The number of benzene rings is 1. The Hall–Kier alpha value is -2.47. The molecule has 140 valence electrons. The highest BCUT2D eigenvalue weighted by molar-refractivity contribution is 14.1. The second-order valence-corrected chi connectivity index (χ2v) is 7.91. The maximum atomic E-state index is 13.3. The molecule has 0 radical (unpaired) electrons. The number of halogens is 1. The van der Waals surface area contributed by atoms with Gasteiger partial charge in [-0.05, 0) is 66.1 Å². The molecule has 0 spiro atoms. The highest BCUT2D eigenvalue weighted by Gasteiger charge is 2.25. The summed E-state index contributed by atoms with van der Waals surface area (Å²) in [4.78, 5) is 40.6. The van der Waals surface area contributed by atoms with Gasteiger partial charge in [-0.15, -0.1) is 0 Å². The van der Waals surface area contributed by atoms with Crippen LogP contribution in [0.1, 0.15) is 59.4 Å². The van der Waals surface area contributed by atoms with Gasteiger partial charge in [0.2, 0.25) is 5.78 Å². The van der Waals surface area contributed by atoms with Crippen molar-refractivity contribution in [3.8, 4) is 6.07 Å². The van der Waals surface area contributed by atoms with Crippen molar-refractivity contribution in [2.75, 3.05) is 0 Å². The predicted octanol–water partition coefficient (Wildman–Crippen LogP) is 3.41. The number of rotatable bonds is 5. The van der Waals surface area contributed by atoms with E-state index in [-0.39, 0.29) is 29.3 Å². The number of carbonyl (C=O) groups is 1. The minimum absolute atomic E-state index is 0.0734. The topological polar surface area (TPSA) is 95.7 Å². The molecule has 0 aliphatic carbocycles. The van der Waals surface area contributed by atoms with Crippen molar-refractivity contribution < 1.29 is 4.79 Å². The van der Waals surface area contributed by atoms with E-state index in [1.165, 1.54) is 10.6 Å². The third kappa shape index (κ3) is 4.45. The van der Waals surface area contributed by atoms with Gasteiger partial charge >= 0.3 is 5.69 Å². The number of hydrogen-bond donors (Lipinski definition) is 1. The third-order valence-electron chi connectivity index (χ3n) is 4.12. The molecular weight excluding hydrogens is 457 g/mol. The number of nitrogens with zero attached hydrogens (tertiary/aromatic N) is 2. The number of carbonyl (C=O) groups excluding carboxylic acids is 1. The van der Waals surface area contributed by atoms with Crippen LogP contribution in [0, 0.1) is 18.3 Å². The number of aromatic nitrogens is 2. The molecule has 1 aromatic heterocycles. The molecule has 0 saturated carbocycles. The van der Waals surface area contributed by atoms with Crippen molar-refractivity contribution in [1.29, 1.82) is 5.26 Å². The first-order chi connectivity index (χ1) is 12.7. The average Bonchev–Trinajstić information content (AvgIpc) is 2.61. The van der Waals surface area contributed by atoms with Gasteiger partial charge in [0.15, 0.2) is 0 Å². The Kier molecular flexibility index (Phi) is 6.54. The van der Waals surface area contributed by atoms with Crippen LogP contribution in [0.4, 0.5) is 0 Å². The summed E-state index contributed by atoms with van der Waals surface area (Å²) in [5.74, 6) is -0.703. The molecule has 0 bridgehead atoms. The molecule has 27 heavy (non-hydrogen) atoms. The summed E-state index contributed by atoms with van der Waals surface area (Å²) in [6.45, 7) is 7.41. The van der Waals surface area contributed by atoms with Crippen molar-refractivity contribution in [2.45, 2.75) is 40.2 Å². The van der Waals surface area contributed by atoms with Gasteiger partial charge in [0.05, 0.1) is 18.2 Å². The largest absolute Gasteiger partial charge is 0.329 e. The molecule has 7 heteroatoms. The van der Waals surface area contributed by atoms with Crippen molar-refractivity contribution >= 4 is 28.4 Å². The third-order valence-corrected chi connectivity index (χ3v) is 5.08. The predicted molar refractivity (Wildman–Crippen MR) is 113 cm³/mol. The van der Waals surface area contributed by atoms with Crippen molar-refractivity contribution in [3.63, 3.8) is 0 Å². The lowest BCUT2D eigenvalue weighted by molar-refractivity contribution is 0.102. The Morgan fingerprint density at radius 3 is 2.56 bits per heavy atom. The van der Waals surface area contributed by atoms with E-state index in [1.807, 2.05) is 19.1 Å². The molecule has 0 atom stereocenters. The monoisotopic (exact) mass is 477 g/mol. The van der Waals surface area contributed by atoms with E-state index in [9.17, 15) is 19.6 Å². The van der Waals surface area contributed by atoms with E-state index >= 15 is 0 Å². The van der Waals surface area contributed by atoms with Crippen LogP contribution in [0.3, 0.4) is 0 Å². The van der Waals surface area contributed by atoms with E-state index in [1.54, 1.807) is 32.9 Å². The summed E-state index contributed by atoms with van der Waals surface area (Å²) < 4.78 is 2.15. The molecule has 6 nitrogen and oxygen atoms in total. The maximum Gasteiger partial charge on any atom is 0.329 e. The summed E-state index contributed by atoms with van der Waals surface area (Å²) in [6.07, 6.45) is 1.84. The second kappa shape index (κ2) is 8.48. The molecule has 0 saturated heterocycles. The maximum absolute atomic E-state index is 13.3. The standard InChI is InChI=1S/C20H20IN3O3/c1-5-15(21)10-24-17(16(11(2)3)19(26)23-20(24)27)18(25)14-7-12(4)6-13(8-14)9-22/h5-8,11H,10H2,1-4H3,(H,23,26,27)/b15-5-. The Bertz CT molecular complexity index is 1090. The average molecular weight is 477 g/mol. The Morgan fingerprint density at radius 2 is 2.00 bits per heavy atom. The van der Waals surface area contributed by atoms with Gasteiger partial charge in [0.1, 0.15) is 5.69 Å². The zero-order chi connectivity index (χ0) is 20.3. The van der Waals surface area contributed by atoms with Gasteiger partial charge in [0, 0.05) is 14.7 Å². The Balaban J connectivity index is 2.86. The van der Waals surface area contributed by atoms with Crippen LogP contribution in [0.15, 0.2) is 37.4 Å². The van der Waals surface area contributed by atoms with Crippen LogP contribution in [0.5, 0.6) is 0 Å². The first-order valence-corrected chi connectivity index (χ1v) is 9.51. The fraction of sp³-hybridized carbons (Fsp3) is 0.300. The van der Waals surface area contributed by atoms with Gasteiger partial charge in [-0.3, -0.25) is 19.1 Å². The van der Waals surface area contributed by atoms with E-state index in [2.05, 4.69) is 27.6 Å². The zero-order valence-corrected chi connectivity index (χ0v) is 17.7. The van der Waals surface area contributed by atoms with Gasteiger partial charge in [-0.2, -0.15) is 5.26 Å². The lowest BCUT2D eigenvalue weighted by Crippen LogP contribution is -2.38. The summed E-state index contributed by atoms with van der Waals surface area (Å²) in [5, 5.41) is 9.20. The minimum Gasteiger partial charge on any atom is -0.287 e. The smallest absolute Gasteiger partial charge is 0.287 e. The van der Waals surface area contributed by atoms with Crippen LogP contribution in [-0.4, -0.2) is 15.3 Å². The van der Waals surface area contributed by atoms with Crippen LogP contribution in [0.2, 0.25) is 0 Å². The molecule has 1 heterocycles. The van der Waals surface area contributed by atoms with Gasteiger partial charge < -0.3 is 0 Å². The van der Waals surface area contributed by atoms with Gasteiger partial charge in [-0.25, -0.2) is 4.79 Å². The van der Waals surface area contributed by atoms with E-state index < -0.39 is 17.0 Å². The lowest BCUT2D eigenvalue weighted by atomic mass is 9.95. The molecule has 0 aliphatic rings. The van der Waals surface area contributed by atoms with Crippen LogP contribution < -0.4 is 11.2 Å². The number of nitriles is 1. The van der Waals surface area contributed by atoms with E-state index in [4.69, 9.17) is 0 Å². The van der Waals surface area contributed by atoms with E-state index in [0.717, 1.165) is 9.14 Å².